The van der Waals surface area contributed by atoms with Gasteiger partial charge >= 0.3 is 0 Å². The molecule has 4 atom stereocenters. The first-order chi connectivity index (χ1) is 18.8. The zero-order valence-corrected chi connectivity index (χ0v) is 25.2. The molecule has 0 radical (unpaired) electrons. The molecule has 3 unspecified atom stereocenters. The molecule has 0 saturated carbocycles. The number of hydrogen-bond donors (Lipinski definition) is 1. The third-order valence-electron chi connectivity index (χ3n) is 8.08. The van der Waals surface area contributed by atoms with Gasteiger partial charge in [-0.3, -0.25) is 14.4 Å². The Bertz CT molecular complexity index is 1200. The van der Waals surface area contributed by atoms with Crippen LogP contribution in [0.1, 0.15) is 63.5 Å². The Balaban J connectivity index is 1.70. The van der Waals surface area contributed by atoms with Crippen LogP contribution in [-0.2, 0) is 22.2 Å². The van der Waals surface area contributed by atoms with Crippen LogP contribution in [0.25, 0.3) is 0 Å². The number of anilines is 1. The number of allylic oxidation sites excluding steroid dienone is 1. The van der Waals surface area contributed by atoms with Crippen molar-refractivity contribution < 1.29 is 13.7 Å². The van der Waals surface area contributed by atoms with Crippen molar-refractivity contribution in [3.8, 4) is 5.75 Å². The molecule has 0 spiro atoms. The standard InChI is InChI=1S/C31H42ClN3O3S/c1-5-9-24-18-26(32)11-13-28(24)25-20-35-17-15-23(6-2)10-7-8-16-34(4)22(3)31(36)33-39(37)27-12-14-30(38-21-25)29(35)19-27/h7-8,11-14,18-19,22-23,25H,5-6,9-10,15-17,20-21H2,1-4H3,(H,33,36)/b8-7-/t22-,23?,25?,39?/m1/s1. The van der Waals surface area contributed by atoms with Gasteiger partial charge in [-0.25, -0.2) is 4.21 Å². The van der Waals surface area contributed by atoms with Crippen molar-refractivity contribution in [2.24, 2.45) is 5.92 Å². The molecule has 2 aliphatic heterocycles. The molecule has 6 nitrogen and oxygen atoms in total. The van der Waals surface area contributed by atoms with Gasteiger partial charge in [-0.15, -0.1) is 0 Å². The average Bonchev–Trinajstić information content (AvgIpc) is 3.11. The number of nitrogens with one attached hydrogen (secondary N) is 1. The van der Waals surface area contributed by atoms with Gasteiger partial charge in [-0.2, -0.15) is 0 Å². The predicted molar refractivity (Wildman–Crippen MR) is 161 cm³/mol. The summed E-state index contributed by atoms with van der Waals surface area (Å²) in [6.07, 6.45) is 9.55. The molecule has 0 aromatic heterocycles. The minimum Gasteiger partial charge on any atom is -0.491 e. The lowest BCUT2D eigenvalue weighted by molar-refractivity contribution is -0.123. The van der Waals surface area contributed by atoms with Crippen molar-refractivity contribution in [1.29, 1.82) is 0 Å². The van der Waals surface area contributed by atoms with Crippen LogP contribution < -0.4 is 14.4 Å². The number of halogens is 1. The minimum atomic E-state index is -1.67. The Labute approximate surface area is 241 Å². The van der Waals surface area contributed by atoms with Gasteiger partial charge in [0.05, 0.1) is 23.2 Å². The highest BCUT2D eigenvalue weighted by molar-refractivity contribution is 7.83. The summed E-state index contributed by atoms with van der Waals surface area (Å²) in [6, 6.07) is 11.5. The van der Waals surface area contributed by atoms with Gasteiger partial charge in [0.1, 0.15) is 5.75 Å². The van der Waals surface area contributed by atoms with E-state index < -0.39 is 17.0 Å². The highest BCUT2D eigenvalue weighted by Gasteiger charge is 2.28. The van der Waals surface area contributed by atoms with Crippen molar-refractivity contribution in [2.75, 3.05) is 38.2 Å². The molecule has 39 heavy (non-hydrogen) atoms. The summed E-state index contributed by atoms with van der Waals surface area (Å²) in [6.45, 7) is 9.18. The maximum Gasteiger partial charge on any atom is 0.248 e. The molecule has 2 heterocycles. The number of rotatable bonds is 4. The lowest BCUT2D eigenvalue weighted by Crippen LogP contribution is -2.43. The van der Waals surface area contributed by atoms with E-state index in [-0.39, 0.29) is 11.8 Å². The Hall–Kier alpha value is -2.35. The summed E-state index contributed by atoms with van der Waals surface area (Å²) >= 11 is 6.37. The second-order valence-electron chi connectivity index (χ2n) is 10.8. The summed E-state index contributed by atoms with van der Waals surface area (Å²) in [5, 5.41) is 0.763. The van der Waals surface area contributed by atoms with E-state index in [1.54, 1.807) is 6.07 Å². The lowest BCUT2D eigenvalue weighted by atomic mass is 9.91. The molecule has 0 saturated heterocycles. The van der Waals surface area contributed by atoms with Gasteiger partial charge in [-0.05, 0) is 80.6 Å². The molecule has 212 valence electrons. The molecule has 2 aromatic carbocycles. The lowest BCUT2D eigenvalue weighted by Gasteiger charge is -2.29. The van der Waals surface area contributed by atoms with Crippen LogP contribution in [0.15, 0.2) is 53.4 Å². The fourth-order valence-electron chi connectivity index (χ4n) is 5.40. The number of ether oxygens (including phenoxy) is 1. The first-order valence-corrected chi connectivity index (χ1v) is 15.7. The van der Waals surface area contributed by atoms with E-state index in [0.717, 1.165) is 61.7 Å². The Morgan fingerprint density at radius 1 is 1.15 bits per heavy atom. The number of aryl methyl sites for hydroxylation is 1. The van der Waals surface area contributed by atoms with Gasteiger partial charge in [0.15, 0.2) is 11.0 Å². The number of carbonyl (C=O) groups is 1. The first kappa shape index (κ1) is 29.6. The van der Waals surface area contributed by atoms with Crippen molar-refractivity contribution in [3.05, 3.63) is 64.7 Å². The van der Waals surface area contributed by atoms with Crippen LogP contribution >= 0.6 is 11.6 Å². The van der Waals surface area contributed by atoms with Crippen molar-refractivity contribution >= 4 is 34.2 Å². The van der Waals surface area contributed by atoms with E-state index in [0.29, 0.717) is 24.0 Å². The third-order valence-corrected chi connectivity index (χ3v) is 9.38. The maximum atomic E-state index is 13.3. The van der Waals surface area contributed by atoms with Gasteiger partial charge in [0, 0.05) is 30.6 Å². The smallest absolute Gasteiger partial charge is 0.248 e. The fourth-order valence-corrected chi connectivity index (χ4v) is 6.47. The average molecular weight is 572 g/mol. The van der Waals surface area contributed by atoms with Gasteiger partial charge in [0.25, 0.3) is 0 Å². The largest absolute Gasteiger partial charge is 0.491 e. The predicted octanol–water partition coefficient (Wildman–Crippen LogP) is 6.11. The summed E-state index contributed by atoms with van der Waals surface area (Å²) in [5.41, 5.74) is 3.50. The van der Waals surface area contributed by atoms with E-state index in [2.05, 4.69) is 47.8 Å². The van der Waals surface area contributed by atoms with Crippen molar-refractivity contribution in [3.63, 3.8) is 0 Å². The molecule has 4 rings (SSSR count). The van der Waals surface area contributed by atoms with E-state index in [4.69, 9.17) is 16.3 Å². The maximum absolute atomic E-state index is 13.3. The van der Waals surface area contributed by atoms with Crippen molar-refractivity contribution in [2.45, 2.75) is 69.7 Å². The Morgan fingerprint density at radius 3 is 2.74 bits per heavy atom. The summed E-state index contributed by atoms with van der Waals surface area (Å²) in [4.78, 5) is 17.8. The first-order valence-electron chi connectivity index (χ1n) is 14.2. The zero-order valence-electron chi connectivity index (χ0n) is 23.6. The highest BCUT2D eigenvalue weighted by atomic mass is 35.5. The van der Waals surface area contributed by atoms with Crippen LogP contribution in [0.4, 0.5) is 5.69 Å². The van der Waals surface area contributed by atoms with Gasteiger partial charge in [0.2, 0.25) is 5.91 Å². The zero-order chi connectivity index (χ0) is 27.9. The molecular formula is C31H42ClN3O3S. The molecule has 8 heteroatoms. The second kappa shape index (κ2) is 13.8. The van der Waals surface area contributed by atoms with Crippen LogP contribution in [0, 0.1) is 5.92 Å². The number of likely N-dealkylation sites (N-methyl/N-ethyl adjacent to an activating group) is 1. The number of nitrogens with zero attached hydrogens (tertiary/aromatic N) is 2. The number of amides is 1. The monoisotopic (exact) mass is 571 g/mol. The quantitative estimate of drug-likeness (QED) is 0.449. The molecule has 2 aromatic rings. The SMILES string of the molecule is CCCc1cc(Cl)ccc1C1COc2ccc3cc2N(CCC(CC)C/C=C\CN(C)[C@H](C)C(=O)NS3=O)C1. The molecule has 2 aliphatic rings. The van der Waals surface area contributed by atoms with Gasteiger partial charge in [-0.1, -0.05) is 56.5 Å². The van der Waals surface area contributed by atoms with E-state index in [1.807, 2.05) is 37.1 Å². The van der Waals surface area contributed by atoms with E-state index in [1.165, 1.54) is 11.1 Å². The molecular weight excluding hydrogens is 530 g/mol. The molecule has 0 aliphatic carbocycles. The summed E-state index contributed by atoms with van der Waals surface area (Å²) in [5.74, 6) is 1.26. The normalized spacial score (nSPS) is 25.9. The summed E-state index contributed by atoms with van der Waals surface area (Å²) < 4.78 is 22.4. The third kappa shape index (κ3) is 7.44. The fraction of sp³-hybridized carbons (Fsp3) is 0.516. The van der Waals surface area contributed by atoms with Crippen molar-refractivity contribution in [1.82, 2.24) is 9.62 Å². The number of fused-ring (bicyclic) bond motifs is 1. The number of hydrogen-bond acceptors (Lipinski definition) is 5. The van der Waals surface area contributed by atoms with Crippen LogP contribution in [0.5, 0.6) is 5.75 Å². The van der Waals surface area contributed by atoms with E-state index in [9.17, 15) is 9.00 Å². The van der Waals surface area contributed by atoms with Crippen LogP contribution in [0.2, 0.25) is 5.02 Å². The Morgan fingerprint density at radius 2 is 1.97 bits per heavy atom. The van der Waals surface area contributed by atoms with Gasteiger partial charge < -0.3 is 9.64 Å². The minimum absolute atomic E-state index is 0.173. The van der Waals surface area contributed by atoms with Crippen LogP contribution in [0.3, 0.4) is 0 Å². The topological polar surface area (TPSA) is 61.9 Å². The molecule has 1 amide bonds. The molecule has 0 fully saturated rings. The number of benzene rings is 2. The summed E-state index contributed by atoms with van der Waals surface area (Å²) in [7, 11) is 0.247. The number of carbonyl (C=O) groups excluding carboxylic acids is 1. The second-order valence-corrected chi connectivity index (χ2v) is 12.4. The highest BCUT2D eigenvalue weighted by Crippen LogP contribution is 2.38. The Kier molecular flexibility index (Phi) is 10.5. The molecule has 2 bridgehead atoms. The van der Waals surface area contributed by atoms with Crippen LogP contribution in [-0.4, -0.2) is 54.3 Å². The molecule has 1 N–H and O–H groups in total. The van der Waals surface area contributed by atoms with E-state index >= 15 is 0 Å².